The highest BCUT2D eigenvalue weighted by Crippen LogP contribution is 2.10. The van der Waals surface area contributed by atoms with Gasteiger partial charge in [0.25, 0.3) is 0 Å². The summed E-state index contributed by atoms with van der Waals surface area (Å²) in [6.45, 7) is 5.74. The number of nitrogens with one attached hydrogen (secondary N) is 1. The molecule has 2 aromatic rings. The Bertz CT molecular complexity index is 525. The van der Waals surface area contributed by atoms with Crippen molar-refractivity contribution in [2.24, 2.45) is 0 Å². The van der Waals surface area contributed by atoms with Crippen molar-refractivity contribution in [2.75, 3.05) is 26.2 Å². The summed E-state index contributed by atoms with van der Waals surface area (Å²) in [6.07, 6.45) is 9.33. The van der Waals surface area contributed by atoms with Crippen LogP contribution in [-0.2, 0) is 6.54 Å². The zero-order valence-corrected chi connectivity index (χ0v) is 13.2. The summed E-state index contributed by atoms with van der Waals surface area (Å²) in [7, 11) is 0. The van der Waals surface area contributed by atoms with E-state index in [2.05, 4.69) is 39.6 Å². The summed E-state index contributed by atoms with van der Waals surface area (Å²) in [5.41, 5.74) is 2.44. The number of aromatic nitrogens is 2. The number of hydrogen-bond acceptors (Lipinski definition) is 3. The molecule has 1 aromatic heterocycles. The predicted octanol–water partition coefficient (Wildman–Crippen LogP) is 2.84. The average molecular weight is 298 g/mol. The third-order valence-electron chi connectivity index (χ3n) is 4.34. The molecular weight excluding hydrogens is 272 g/mol. The first-order chi connectivity index (χ1) is 10.9. The van der Waals surface area contributed by atoms with Gasteiger partial charge in [-0.25, -0.2) is 4.68 Å². The standard InChI is InChI=1S/C18H26N4/c1-2-4-13-21(12-3-1)15-11-19-16-17-6-8-18(9-7-17)22-14-5-10-20-22/h5-10,14,19H,1-4,11-13,15-16H2. The van der Waals surface area contributed by atoms with Crippen LogP contribution in [0.5, 0.6) is 0 Å². The quantitative estimate of drug-likeness (QED) is 0.833. The van der Waals surface area contributed by atoms with Crippen LogP contribution < -0.4 is 5.32 Å². The van der Waals surface area contributed by atoms with Gasteiger partial charge in [0.2, 0.25) is 0 Å². The maximum absolute atomic E-state index is 4.25. The highest BCUT2D eigenvalue weighted by Gasteiger charge is 2.07. The highest BCUT2D eigenvalue weighted by molar-refractivity contribution is 5.33. The van der Waals surface area contributed by atoms with Crippen LogP contribution in [-0.4, -0.2) is 40.9 Å². The lowest BCUT2D eigenvalue weighted by atomic mass is 10.2. The molecule has 0 aliphatic carbocycles. The Morgan fingerprint density at radius 1 is 1.00 bits per heavy atom. The zero-order valence-electron chi connectivity index (χ0n) is 13.2. The maximum atomic E-state index is 4.25. The SMILES string of the molecule is c1cnn(-c2ccc(CNCCN3CCCCCC3)cc2)c1. The lowest BCUT2D eigenvalue weighted by Gasteiger charge is -2.19. The Morgan fingerprint density at radius 3 is 2.45 bits per heavy atom. The van der Waals surface area contributed by atoms with Crippen LogP contribution in [0.15, 0.2) is 42.7 Å². The van der Waals surface area contributed by atoms with E-state index in [1.165, 1.54) is 50.9 Å². The molecule has 1 aromatic carbocycles. The van der Waals surface area contributed by atoms with Crippen molar-refractivity contribution in [3.05, 3.63) is 48.3 Å². The molecule has 1 saturated heterocycles. The van der Waals surface area contributed by atoms with Crippen LogP contribution >= 0.6 is 0 Å². The molecule has 0 unspecified atom stereocenters. The van der Waals surface area contributed by atoms with Crippen molar-refractivity contribution < 1.29 is 0 Å². The first-order valence-electron chi connectivity index (χ1n) is 8.44. The van der Waals surface area contributed by atoms with E-state index in [1.807, 2.05) is 16.9 Å². The number of benzene rings is 1. The van der Waals surface area contributed by atoms with Gasteiger partial charge in [0.05, 0.1) is 5.69 Å². The molecule has 22 heavy (non-hydrogen) atoms. The molecule has 1 N–H and O–H groups in total. The predicted molar refractivity (Wildman–Crippen MR) is 90.2 cm³/mol. The second-order valence-corrected chi connectivity index (χ2v) is 6.05. The first kappa shape index (κ1) is 15.3. The van der Waals surface area contributed by atoms with Crippen LogP contribution in [0.1, 0.15) is 31.2 Å². The third kappa shape index (κ3) is 4.42. The fraction of sp³-hybridized carbons (Fsp3) is 0.500. The van der Waals surface area contributed by atoms with E-state index in [4.69, 9.17) is 0 Å². The average Bonchev–Trinajstić information content (AvgIpc) is 2.97. The minimum atomic E-state index is 0.938. The molecule has 4 nitrogen and oxygen atoms in total. The molecule has 4 heteroatoms. The Hall–Kier alpha value is -1.65. The van der Waals surface area contributed by atoms with Crippen LogP contribution in [0.2, 0.25) is 0 Å². The van der Waals surface area contributed by atoms with E-state index in [1.54, 1.807) is 6.20 Å². The van der Waals surface area contributed by atoms with E-state index in [9.17, 15) is 0 Å². The van der Waals surface area contributed by atoms with Crippen LogP contribution in [0.4, 0.5) is 0 Å². The van der Waals surface area contributed by atoms with Gasteiger partial charge in [0.15, 0.2) is 0 Å². The molecule has 1 fully saturated rings. The van der Waals surface area contributed by atoms with Crippen molar-refractivity contribution >= 4 is 0 Å². The molecule has 0 bridgehead atoms. The molecule has 0 saturated carbocycles. The Morgan fingerprint density at radius 2 is 1.77 bits per heavy atom. The minimum Gasteiger partial charge on any atom is -0.311 e. The Kier molecular flexibility index (Phi) is 5.62. The van der Waals surface area contributed by atoms with Gasteiger partial charge in [-0.1, -0.05) is 25.0 Å². The van der Waals surface area contributed by atoms with E-state index in [-0.39, 0.29) is 0 Å². The summed E-state index contributed by atoms with van der Waals surface area (Å²) in [6, 6.07) is 10.5. The molecule has 0 atom stereocenters. The fourth-order valence-corrected chi connectivity index (χ4v) is 3.02. The van der Waals surface area contributed by atoms with Gasteiger partial charge >= 0.3 is 0 Å². The lowest BCUT2D eigenvalue weighted by molar-refractivity contribution is 0.284. The van der Waals surface area contributed by atoms with Crippen molar-refractivity contribution in [3.63, 3.8) is 0 Å². The van der Waals surface area contributed by atoms with Gasteiger partial charge in [-0.05, 0) is 49.7 Å². The van der Waals surface area contributed by atoms with Gasteiger partial charge < -0.3 is 10.2 Å². The molecule has 118 valence electrons. The van der Waals surface area contributed by atoms with E-state index < -0.39 is 0 Å². The van der Waals surface area contributed by atoms with Gasteiger partial charge in [-0.3, -0.25) is 0 Å². The fourth-order valence-electron chi connectivity index (χ4n) is 3.02. The van der Waals surface area contributed by atoms with Crippen LogP contribution in [0.3, 0.4) is 0 Å². The van der Waals surface area contributed by atoms with Gasteiger partial charge in [-0.15, -0.1) is 0 Å². The monoisotopic (exact) mass is 298 g/mol. The van der Waals surface area contributed by atoms with Crippen LogP contribution in [0.25, 0.3) is 5.69 Å². The molecule has 1 aliphatic heterocycles. The summed E-state index contributed by atoms with van der Waals surface area (Å²) in [4.78, 5) is 2.60. The van der Waals surface area contributed by atoms with Gasteiger partial charge in [0.1, 0.15) is 0 Å². The summed E-state index contributed by atoms with van der Waals surface area (Å²) >= 11 is 0. The van der Waals surface area contributed by atoms with E-state index in [0.29, 0.717) is 0 Å². The first-order valence-corrected chi connectivity index (χ1v) is 8.44. The molecular formula is C18H26N4. The Balaban J connectivity index is 1.40. The highest BCUT2D eigenvalue weighted by atomic mass is 15.3. The molecule has 0 amide bonds. The zero-order chi connectivity index (χ0) is 15.0. The van der Waals surface area contributed by atoms with E-state index >= 15 is 0 Å². The Labute approximate surface area is 133 Å². The maximum Gasteiger partial charge on any atom is 0.0645 e. The summed E-state index contributed by atoms with van der Waals surface area (Å²) in [5, 5.41) is 7.81. The van der Waals surface area contributed by atoms with Gasteiger partial charge in [-0.2, -0.15) is 5.10 Å². The topological polar surface area (TPSA) is 33.1 Å². The normalized spacial score (nSPS) is 16.5. The van der Waals surface area contributed by atoms with Crippen LogP contribution in [0, 0.1) is 0 Å². The second kappa shape index (κ2) is 8.11. The van der Waals surface area contributed by atoms with E-state index in [0.717, 1.165) is 18.8 Å². The summed E-state index contributed by atoms with van der Waals surface area (Å²) < 4.78 is 1.89. The molecule has 0 spiro atoms. The number of nitrogens with zero attached hydrogens (tertiary/aromatic N) is 3. The van der Waals surface area contributed by atoms with Crippen molar-refractivity contribution in [1.29, 1.82) is 0 Å². The molecule has 2 heterocycles. The molecule has 1 aliphatic rings. The second-order valence-electron chi connectivity index (χ2n) is 6.05. The molecule has 0 radical (unpaired) electrons. The summed E-state index contributed by atoms with van der Waals surface area (Å²) in [5.74, 6) is 0. The molecule has 3 rings (SSSR count). The van der Waals surface area contributed by atoms with Crippen molar-refractivity contribution in [3.8, 4) is 5.69 Å². The number of hydrogen-bond donors (Lipinski definition) is 1. The van der Waals surface area contributed by atoms with Gasteiger partial charge in [0, 0.05) is 32.0 Å². The largest absolute Gasteiger partial charge is 0.311 e. The van der Waals surface area contributed by atoms with Crippen molar-refractivity contribution in [1.82, 2.24) is 20.0 Å². The lowest BCUT2D eigenvalue weighted by Crippen LogP contribution is -2.32. The van der Waals surface area contributed by atoms with Crippen molar-refractivity contribution in [2.45, 2.75) is 32.2 Å². The minimum absolute atomic E-state index is 0.938. The number of likely N-dealkylation sites (tertiary alicyclic amines) is 1. The smallest absolute Gasteiger partial charge is 0.0645 e. The third-order valence-corrected chi connectivity index (χ3v) is 4.34. The number of rotatable bonds is 6.